The van der Waals surface area contributed by atoms with Crippen molar-refractivity contribution in [3.63, 3.8) is 0 Å². The second kappa shape index (κ2) is 9.37. The van der Waals surface area contributed by atoms with Gasteiger partial charge in [-0.2, -0.15) is 0 Å². The molecule has 2 aromatic rings. The van der Waals surface area contributed by atoms with Crippen molar-refractivity contribution in [2.45, 2.75) is 13.2 Å². The van der Waals surface area contributed by atoms with Gasteiger partial charge < -0.3 is 14.2 Å². The van der Waals surface area contributed by atoms with Crippen molar-refractivity contribution in [1.82, 2.24) is 0 Å². The van der Waals surface area contributed by atoms with Crippen molar-refractivity contribution in [2.24, 2.45) is 0 Å². The van der Waals surface area contributed by atoms with E-state index in [4.69, 9.17) is 14.2 Å². The molecule has 0 bridgehead atoms. The highest BCUT2D eigenvalue weighted by Gasteiger charge is 2.06. The first-order chi connectivity index (χ1) is 11.7. The maximum atomic E-state index is 11.6. The zero-order chi connectivity index (χ0) is 17.2. The molecule has 0 aliphatic rings. The van der Waals surface area contributed by atoms with Gasteiger partial charge in [0.05, 0.1) is 6.61 Å². The van der Waals surface area contributed by atoms with Gasteiger partial charge in [-0.15, -0.1) is 0 Å². The van der Waals surface area contributed by atoms with E-state index in [9.17, 15) is 4.79 Å². The Labute approximate surface area is 141 Å². The number of benzene rings is 2. The summed E-state index contributed by atoms with van der Waals surface area (Å²) in [4.78, 5) is 11.6. The Morgan fingerprint density at radius 1 is 1.12 bits per heavy atom. The zero-order valence-corrected chi connectivity index (χ0v) is 13.6. The number of rotatable bonds is 8. The fourth-order valence-corrected chi connectivity index (χ4v) is 1.93. The molecule has 0 saturated carbocycles. The van der Waals surface area contributed by atoms with E-state index in [1.54, 1.807) is 25.1 Å². The number of carbonyl (C=O) groups excluding carboxylic acids is 1. The third kappa shape index (κ3) is 6.14. The van der Waals surface area contributed by atoms with Crippen molar-refractivity contribution in [3.05, 3.63) is 66.7 Å². The summed E-state index contributed by atoms with van der Waals surface area (Å²) in [6.45, 7) is 5.87. The monoisotopic (exact) mass is 327 g/mol. The summed E-state index contributed by atoms with van der Waals surface area (Å²) in [7, 11) is 0. The van der Waals surface area contributed by atoms with E-state index in [0.29, 0.717) is 11.4 Å². The molecule has 0 fully saturated rings. The average Bonchev–Trinajstić information content (AvgIpc) is 2.60. The second-order valence-electron chi connectivity index (χ2n) is 4.96. The minimum atomic E-state index is -0.515. The van der Waals surface area contributed by atoms with Crippen LogP contribution < -0.4 is 10.1 Å². The molecule has 1 N–H and O–H groups in total. The van der Waals surface area contributed by atoms with Gasteiger partial charge in [0.1, 0.15) is 12.4 Å². The summed E-state index contributed by atoms with van der Waals surface area (Å²) in [5.41, 5.74) is 1.71. The highest BCUT2D eigenvalue weighted by molar-refractivity contribution is 5.84. The van der Waals surface area contributed by atoms with E-state index < -0.39 is 12.4 Å². The molecule has 0 aliphatic carbocycles. The number of amides is 1. The highest BCUT2D eigenvalue weighted by atomic mass is 16.7. The van der Waals surface area contributed by atoms with Crippen molar-refractivity contribution in [2.75, 3.05) is 18.5 Å². The minimum Gasteiger partial charge on any atom is -0.465 e. The molecule has 1 atom stereocenters. The highest BCUT2D eigenvalue weighted by Crippen LogP contribution is 2.14. The van der Waals surface area contributed by atoms with E-state index in [1.807, 2.05) is 42.5 Å². The van der Waals surface area contributed by atoms with E-state index >= 15 is 0 Å². The van der Waals surface area contributed by atoms with Crippen LogP contribution in [0.1, 0.15) is 12.5 Å². The summed E-state index contributed by atoms with van der Waals surface area (Å²) in [6, 6.07) is 16.6. The Morgan fingerprint density at radius 3 is 2.50 bits per heavy atom. The van der Waals surface area contributed by atoms with Crippen LogP contribution in [-0.2, 0) is 9.47 Å². The summed E-state index contributed by atoms with van der Waals surface area (Å²) in [5.74, 6) is 0.704. The molecule has 5 nitrogen and oxygen atoms in total. The number of hydrogen-bond acceptors (Lipinski definition) is 4. The lowest BCUT2D eigenvalue weighted by Gasteiger charge is -2.15. The van der Waals surface area contributed by atoms with Crippen molar-refractivity contribution >= 4 is 17.9 Å². The van der Waals surface area contributed by atoms with E-state index in [-0.39, 0.29) is 13.2 Å². The third-order valence-corrected chi connectivity index (χ3v) is 3.11. The smallest absolute Gasteiger partial charge is 0.411 e. The molecule has 2 rings (SSSR count). The Morgan fingerprint density at radius 2 is 1.83 bits per heavy atom. The van der Waals surface area contributed by atoms with Crippen LogP contribution in [0, 0.1) is 0 Å². The van der Waals surface area contributed by atoms with E-state index in [0.717, 1.165) is 5.56 Å². The maximum Gasteiger partial charge on any atom is 0.411 e. The quantitative estimate of drug-likeness (QED) is 0.579. The van der Waals surface area contributed by atoms with Crippen LogP contribution in [0.15, 0.2) is 61.2 Å². The number of hydrogen-bond donors (Lipinski definition) is 1. The van der Waals surface area contributed by atoms with Gasteiger partial charge in [0.2, 0.25) is 0 Å². The lowest BCUT2D eigenvalue weighted by Crippen LogP contribution is -2.21. The first-order valence-corrected chi connectivity index (χ1v) is 7.67. The van der Waals surface area contributed by atoms with Crippen LogP contribution in [0.2, 0.25) is 0 Å². The molecule has 0 aliphatic heterocycles. The molecule has 0 saturated heterocycles. The lowest BCUT2D eigenvalue weighted by atomic mass is 10.2. The molecule has 5 heteroatoms. The van der Waals surface area contributed by atoms with Crippen LogP contribution in [0.3, 0.4) is 0 Å². The van der Waals surface area contributed by atoms with Crippen molar-refractivity contribution in [1.29, 1.82) is 0 Å². The molecular weight excluding hydrogens is 306 g/mol. The second-order valence-corrected chi connectivity index (χ2v) is 4.96. The fraction of sp³-hybridized carbons (Fsp3) is 0.211. The van der Waals surface area contributed by atoms with Crippen molar-refractivity contribution in [3.8, 4) is 5.75 Å². The van der Waals surface area contributed by atoms with Gasteiger partial charge in [-0.25, -0.2) is 4.79 Å². The van der Waals surface area contributed by atoms with Gasteiger partial charge in [-0.3, -0.25) is 5.32 Å². The zero-order valence-electron chi connectivity index (χ0n) is 13.6. The number of ether oxygens (including phenoxy) is 3. The molecule has 126 valence electrons. The predicted octanol–water partition coefficient (Wildman–Crippen LogP) is 4.32. The third-order valence-electron chi connectivity index (χ3n) is 3.11. The van der Waals surface area contributed by atoms with E-state index in [2.05, 4.69) is 11.9 Å². The number of nitrogens with one attached hydrogen (secondary N) is 1. The Bertz CT molecular complexity index is 640. The molecule has 2 aromatic carbocycles. The van der Waals surface area contributed by atoms with Gasteiger partial charge in [-0.05, 0) is 36.8 Å². The fourth-order valence-electron chi connectivity index (χ4n) is 1.93. The largest absolute Gasteiger partial charge is 0.465 e. The standard InChI is InChI=1S/C19H21NO4/c1-3-16-9-11-18(12-10-16)24-15(2)22-13-14-23-19(21)20-17-7-5-4-6-8-17/h3-12,15H,1,13-14H2,2H3,(H,20,21). The van der Waals surface area contributed by atoms with Crippen LogP contribution in [0.4, 0.5) is 10.5 Å². The Hall–Kier alpha value is -2.79. The van der Waals surface area contributed by atoms with Crippen LogP contribution >= 0.6 is 0 Å². The molecule has 24 heavy (non-hydrogen) atoms. The summed E-state index contributed by atoms with van der Waals surface area (Å²) < 4.78 is 16.1. The normalized spacial score (nSPS) is 11.4. The summed E-state index contributed by atoms with van der Waals surface area (Å²) >= 11 is 0. The summed E-state index contributed by atoms with van der Waals surface area (Å²) in [5, 5.41) is 2.62. The van der Waals surface area contributed by atoms with Gasteiger partial charge in [-0.1, -0.05) is 43.0 Å². The van der Waals surface area contributed by atoms with Crippen LogP contribution in [0.25, 0.3) is 6.08 Å². The van der Waals surface area contributed by atoms with Gasteiger partial charge in [0.15, 0.2) is 6.29 Å². The minimum absolute atomic E-state index is 0.141. The first kappa shape index (κ1) is 17.6. The number of para-hydroxylation sites is 1. The summed E-state index contributed by atoms with van der Waals surface area (Å²) in [6.07, 6.45) is 0.806. The average molecular weight is 327 g/mol. The molecule has 0 heterocycles. The number of anilines is 1. The van der Waals surface area contributed by atoms with Gasteiger partial charge in [0.25, 0.3) is 0 Å². The first-order valence-electron chi connectivity index (χ1n) is 7.67. The molecule has 1 unspecified atom stereocenters. The maximum absolute atomic E-state index is 11.6. The predicted molar refractivity (Wildman–Crippen MR) is 94.0 cm³/mol. The molecule has 1 amide bonds. The SMILES string of the molecule is C=Cc1ccc(OC(C)OCCOC(=O)Nc2ccccc2)cc1. The molecule has 0 aromatic heterocycles. The topological polar surface area (TPSA) is 56.8 Å². The molecular formula is C19H21NO4. The molecule has 0 spiro atoms. The Balaban J connectivity index is 1.62. The lowest BCUT2D eigenvalue weighted by molar-refractivity contribution is -0.0765. The van der Waals surface area contributed by atoms with Gasteiger partial charge in [0, 0.05) is 5.69 Å². The van der Waals surface area contributed by atoms with Crippen molar-refractivity contribution < 1.29 is 19.0 Å². The van der Waals surface area contributed by atoms with E-state index in [1.165, 1.54) is 0 Å². The Kier molecular flexibility index (Phi) is 6.86. The van der Waals surface area contributed by atoms with Gasteiger partial charge >= 0.3 is 6.09 Å². The van der Waals surface area contributed by atoms with Crippen LogP contribution in [0.5, 0.6) is 5.75 Å². The number of carbonyl (C=O) groups is 1. The molecule has 0 radical (unpaired) electrons. The van der Waals surface area contributed by atoms with Crippen LogP contribution in [-0.4, -0.2) is 25.6 Å².